The Bertz CT molecular complexity index is 531. The van der Waals surface area contributed by atoms with Crippen LogP contribution in [0.2, 0.25) is 0 Å². The molecule has 0 saturated carbocycles. The van der Waals surface area contributed by atoms with Gasteiger partial charge in [-0.05, 0) is 18.3 Å². The van der Waals surface area contributed by atoms with E-state index in [2.05, 4.69) is 29.1 Å². The van der Waals surface area contributed by atoms with Crippen LogP contribution in [0, 0.1) is 11.3 Å². The Hall–Kier alpha value is -0.980. The zero-order chi connectivity index (χ0) is 15.0. The number of aromatic nitrogens is 1. The average molecular weight is 310 g/mol. The number of carboxylic acids is 1. The smallest absolute Gasteiger partial charge is 0.313 e. The zero-order valence-corrected chi connectivity index (χ0v) is 13.4. The van der Waals surface area contributed by atoms with E-state index in [1.54, 1.807) is 11.3 Å². The molecule has 6 heteroatoms. The Labute approximate surface area is 128 Å². The molecule has 2 aliphatic heterocycles. The number of carbonyl (C=O) groups is 1. The van der Waals surface area contributed by atoms with Gasteiger partial charge in [-0.2, -0.15) is 0 Å². The maximum absolute atomic E-state index is 11.7. The second-order valence-corrected chi connectivity index (χ2v) is 7.43. The van der Waals surface area contributed by atoms with E-state index in [1.165, 1.54) is 0 Å². The van der Waals surface area contributed by atoms with Crippen LogP contribution >= 0.6 is 11.3 Å². The van der Waals surface area contributed by atoms with Gasteiger partial charge in [0.2, 0.25) is 0 Å². The molecule has 3 rings (SSSR count). The summed E-state index contributed by atoms with van der Waals surface area (Å²) in [5.41, 5.74) is 0.416. The number of likely N-dealkylation sites (tertiary alicyclic amines) is 1. The highest BCUT2D eigenvalue weighted by Gasteiger charge is 2.54. The number of thiazole rings is 1. The summed E-state index contributed by atoms with van der Waals surface area (Å²) in [5.74, 6) is -0.0695. The third-order valence-electron chi connectivity index (χ3n) is 4.68. The number of rotatable bonds is 4. The van der Waals surface area contributed by atoms with Gasteiger partial charge in [0.25, 0.3) is 0 Å². The van der Waals surface area contributed by atoms with E-state index in [4.69, 9.17) is 4.74 Å². The average Bonchev–Trinajstić information content (AvgIpc) is 3.03. The van der Waals surface area contributed by atoms with Crippen LogP contribution in [0.4, 0.5) is 0 Å². The van der Waals surface area contributed by atoms with Gasteiger partial charge in [-0.15, -0.1) is 11.3 Å². The molecule has 1 aromatic rings. The highest BCUT2D eigenvalue weighted by Crippen LogP contribution is 2.42. The second-order valence-electron chi connectivity index (χ2n) is 6.49. The molecular formula is C15H22N2O3S. The Morgan fingerprint density at radius 2 is 2.48 bits per heavy atom. The highest BCUT2D eigenvalue weighted by atomic mass is 32.1. The number of fused-ring (bicyclic) bond motifs is 1. The number of hydrogen-bond donors (Lipinski definition) is 1. The molecule has 1 N–H and O–H groups in total. The SMILES string of the molecule is CC(C)c1csc(CN2C[C@@H]3CCOC[C@]3(C(=O)O)C2)n1. The molecular weight excluding hydrogens is 288 g/mol. The van der Waals surface area contributed by atoms with E-state index in [0.717, 1.165) is 30.2 Å². The lowest BCUT2D eigenvalue weighted by Crippen LogP contribution is -2.46. The Morgan fingerprint density at radius 1 is 1.67 bits per heavy atom. The molecule has 0 unspecified atom stereocenters. The van der Waals surface area contributed by atoms with Gasteiger partial charge < -0.3 is 9.84 Å². The molecule has 3 heterocycles. The molecule has 0 spiro atoms. The standard InChI is InChI=1S/C15H22N2O3S/c1-10(2)12-7-21-13(16-12)6-17-5-11-3-4-20-9-15(11,8-17)14(18)19/h7,10-11H,3-6,8-9H2,1-2H3,(H,18,19)/t11-,15+/m0/s1. The Kier molecular flexibility index (Phi) is 4.03. The lowest BCUT2D eigenvalue weighted by molar-refractivity contribution is -0.159. The molecule has 0 aliphatic carbocycles. The molecule has 2 atom stereocenters. The predicted molar refractivity (Wildman–Crippen MR) is 80.5 cm³/mol. The van der Waals surface area contributed by atoms with Gasteiger partial charge in [-0.1, -0.05) is 13.8 Å². The van der Waals surface area contributed by atoms with Gasteiger partial charge in [0.05, 0.1) is 18.8 Å². The van der Waals surface area contributed by atoms with Crippen molar-refractivity contribution in [2.45, 2.75) is 32.7 Å². The van der Waals surface area contributed by atoms with Crippen molar-refractivity contribution < 1.29 is 14.6 Å². The monoisotopic (exact) mass is 310 g/mol. The topological polar surface area (TPSA) is 62.7 Å². The first-order valence-electron chi connectivity index (χ1n) is 7.49. The Morgan fingerprint density at radius 3 is 3.10 bits per heavy atom. The lowest BCUT2D eigenvalue weighted by atomic mass is 9.76. The van der Waals surface area contributed by atoms with Crippen molar-refractivity contribution in [3.8, 4) is 0 Å². The van der Waals surface area contributed by atoms with Gasteiger partial charge in [0.1, 0.15) is 10.4 Å². The Balaban J connectivity index is 1.71. The van der Waals surface area contributed by atoms with Gasteiger partial charge in [0, 0.05) is 25.1 Å². The number of nitrogens with zero attached hydrogens (tertiary/aromatic N) is 2. The fraction of sp³-hybridized carbons (Fsp3) is 0.733. The first kappa shape index (κ1) is 14.9. The zero-order valence-electron chi connectivity index (χ0n) is 12.5. The largest absolute Gasteiger partial charge is 0.481 e. The van der Waals surface area contributed by atoms with Crippen molar-refractivity contribution in [2.75, 3.05) is 26.3 Å². The van der Waals surface area contributed by atoms with E-state index < -0.39 is 11.4 Å². The lowest BCUT2D eigenvalue weighted by Gasteiger charge is -2.34. The van der Waals surface area contributed by atoms with Crippen LogP contribution in [0.1, 0.15) is 36.9 Å². The van der Waals surface area contributed by atoms with E-state index in [9.17, 15) is 9.90 Å². The first-order chi connectivity index (χ1) is 10.0. The molecule has 2 saturated heterocycles. The molecule has 21 heavy (non-hydrogen) atoms. The van der Waals surface area contributed by atoms with Crippen molar-refractivity contribution in [1.29, 1.82) is 0 Å². The van der Waals surface area contributed by atoms with Crippen LogP contribution in [-0.2, 0) is 16.1 Å². The number of aliphatic carboxylic acids is 1. The number of carboxylic acid groups (broad SMARTS) is 1. The van der Waals surface area contributed by atoms with Crippen molar-refractivity contribution in [3.63, 3.8) is 0 Å². The maximum atomic E-state index is 11.7. The summed E-state index contributed by atoms with van der Waals surface area (Å²) in [5, 5.41) is 12.8. The van der Waals surface area contributed by atoms with Gasteiger partial charge in [-0.25, -0.2) is 4.98 Å². The van der Waals surface area contributed by atoms with Crippen molar-refractivity contribution >= 4 is 17.3 Å². The molecule has 1 aromatic heterocycles. The van der Waals surface area contributed by atoms with Crippen LogP contribution in [0.25, 0.3) is 0 Å². The van der Waals surface area contributed by atoms with Crippen molar-refractivity contribution in [3.05, 3.63) is 16.1 Å². The molecule has 0 bridgehead atoms. The molecule has 2 fully saturated rings. The number of hydrogen-bond acceptors (Lipinski definition) is 5. The molecule has 2 aliphatic rings. The minimum Gasteiger partial charge on any atom is -0.481 e. The van der Waals surface area contributed by atoms with E-state index in [-0.39, 0.29) is 5.92 Å². The third-order valence-corrected chi connectivity index (χ3v) is 5.53. The fourth-order valence-electron chi connectivity index (χ4n) is 3.37. The van der Waals surface area contributed by atoms with Gasteiger partial charge in [-0.3, -0.25) is 9.69 Å². The molecule has 0 aromatic carbocycles. The summed E-state index contributed by atoms with van der Waals surface area (Å²) in [6.07, 6.45) is 0.845. The first-order valence-corrected chi connectivity index (χ1v) is 8.37. The maximum Gasteiger partial charge on any atom is 0.313 e. The summed E-state index contributed by atoms with van der Waals surface area (Å²) in [6.45, 7) is 7.47. The highest BCUT2D eigenvalue weighted by molar-refractivity contribution is 7.09. The third kappa shape index (κ3) is 2.72. The van der Waals surface area contributed by atoms with Gasteiger partial charge >= 0.3 is 5.97 Å². The van der Waals surface area contributed by atoms with Crippen LogP contribution in [-0.4, -0.2) is 47.3 Å². The van der Waals surface area contributed by atoms with E-state index in [1.807, 2.05) is 0 Å². The summed E-state index contributed by atoms with van der Waals surface area (Å²) in [6, 6.07) is 0. The minimum absolute atomic E-state index is 0.202. The minimum atomic E-state index is -0.712. The van der Waals surface area contributed by atoms with Crippen LogP contribution in [0.3, 0.4) is 0 Å². The normalized spacial score (nSPS) is 29.8. The van der Waals surface area contributed by atoms with Gasteiger partial charge in [0.15, 0.2) is 0 Å². The quantitative estimate of drug-likeness (QED) is 0.923. The fourth-order valence-corrected chi connectivity index (χ4v) is 4.37. The van der Waals surface area contributed by atoms with Crippen LogP contribution in [0.15, 0.2) is 5.38 Å². The van der Waals surface area contributed by atoms with E-state index in [0.29, 0.717) is 25.7 Å². The predicted octanol–water partition coefficient (Wildman–Crippen LogP) is 2.19. The van der Waals surface area contributed by atoms with Crippen molar-refractivity contribution in [2.24, 2.45) is 11.3 Å². The molecule has 0 radical (unpaired) electrons. The van der Waals surface area contributed by atoms with Crippen LogP contribution in [0.5, 0.6) is 0 Å². The van der Waals surface area contributed by atoms with Crippen molar-refractivity contribution in [1.82, 2.24) is 9.88 Å². The molecule has 0 amide bonds. The van der Waals surface area contributed by atoms with E-state index >= 15 is 0 Å². The summed E-state index contributed by atoms with van der Waals surface area (Å²) >= 11 is 1.67. The molecule has 5 nitrogen and oxygen atoms in total. The summed E-state index contributed by atoms with van der Waals surface area (Å²) < 4.78 is 5.46. The number of ether oxygens (including phenoxy) is 1. The van der Waals surface area contributed by atoms with Crippen LogP contribution < -0.4 is 0 Å². The second kappa shape index (κ2) is 5.66. The summed E-state index contributed by atoms with van der Waals surface area (Å²) in [7, 11) is 0. The summed E-state index contributed by atoms with van der Waals surface area (Å²) in [4.78, 5) is 18.6. The molecule has 116 valence electrons.